The molecule has 1 aromatic rings. The Hall–Kier alpha value is -1.57. The summed E-state index contributed by atoms with van der Waals surface area (Å²) in [4.78, 5) is 24.9. The van der Waals surface area contributed by atoms with E-state index < -0.39 is 5.97 Å². The Balaban J connectivity index is 2.30. The van der Waals surface area contributed by atoms with Gasteiger partial charge in [-0.3, -0.25) is 4.79 Å². The smallest absolute Gasteiger partial charge is 0.396 e. The van der Waals surface area contributed by atoms with E-state index in [2.05, 4.69) is 10.2 Å². The van der Waals surface area contributed by atoms with Crippen LogP contribution in [0.5, 0.6) is 0 Å². The first-order valence-corrected chi connectivity index (χ1v) is 8.02. The van der Waals surface area contributed by atoms with Crippen LogP contribution < -0.4 is 0 Å². The first-order chi connectivity index (χ1) is 10.1. The SMILES string of the molecule is CCOC(=O)c1nnc(SCCCC(=O)N(CC)CC)o1. The summed E-state index contributed by atoms with van der Waals surface area (Å²) in [5.41, 5.74) is 0. The second-order valence-electron chi connectivity index (χ2n) is 4.11. The monoisotopic (exact) mass is 315 g/mol. The molecule has 0 aliphatic carbocycles. The lowest BCUT2D eigenvalue weighted by Gasteiger charge is -2.18. The van der Waals surface area contributed by atoms with Crippen LogP contribution in [-0.2, 0) is 9.53 Å². The third-order valence-electron chi connectivity index (χ3n) is 2.73. The Labute approximate surface area is 128 Å². The zero-order valence-electron chi connectivity index (χ0n) is 12.6. The zero-order chi connectivity index (χ0) is 15.7. The normalized spacial score (nSPS) is 10.4. The lowest BCUT2D eigenvalue weighted by atomic mass is 10.3. The molecule has 0 atom stereocenters. The van der Waals surface area contributed by atoms with Crippen LogP contribution in [0.1, 0.15) is 44.3 Å². The maximum absolute atomic E-state index is 11.8. The minimum Gasteiger partial charge on any atom is -0.459 e. The molecule has 0 saturated heterocycles. The van der Waals surface area contributed by atoms with Crippen LogP contribution in [0.4, 0.5) is 0 Å². The van der Waals surface area contributed by atoms with Crippen molar-refractivity contribution in [2.24, 2.45) is 0 Å². The summed E-state index contributed by atoms with van der Waals surface area (Å²) in [5, 5.41) is 7.68. The molecule has 1 amide bonds. The minimum atomic E-state index is -0.617. The van der Waals surface area contributed by atoms with E-state index in [4.69, 9.17) is 9.15 Å². The first kappa shape index (κ1) is 17.5. The second-order valence-corrected chi connectivity index (χ2v) is 5.16. The third-order valence-corrected chi connectivity index (χ3v) is 3.64. The molecule has 1 heterocycles. The minimum absolute atomic E-state index is 0.140. The summed E-state index contributed by atoms with van der Waals surface area (Å²) in [5.74, 6) is 0.0720. The fraction of sp³-hybridized carbons (Fsp3) is 0.692. The average molecular weight is 315 g/mol. The van der Waals surface area contributed by atoms with Crippen LogP contribution in [0, 0.1) is 0 Å². The van der Waals surface area contributed by atoms with Crippen LogP contribution in [0.15, 0.2) is 9.64 Å². The summed E-state index contributed by atoms with van der Waals surface area (Å²) in [6.07, 6.45) is 1.21. The Morgan fingerprint density at radius 3 is 2.57 bits per heavy atom. The fourth-order valence-electron chi connectivity index (χ4n) is 1.66. The lowest BCUT2D eigenvalue weighted by Crippen LogP contribution is -2.30. The number of esters is 1. The van der Waals surface area contributed by atoms with Gasteiger partial charge in [0, 0.05) is 25.3 Å². The Morgan fingerprint density at radius 1 is 1.24 bits per heavy atom. The maximum Gasteiger partial charge on any atom is 0.396 e. The molecule has 0 spiro atoms. The maximum atomic E-state index is 11.8. The summed E-state index contributed by atoms with van der Waals surface area (Å²) in [6, 6.07) is 0. The van der Waals surface area contributed by atoms with Gasteiger partial charge in [-0.2, -0.15) is 0 Å². The number of carbonyl (C=O) groups is 2. The number of thioether (sulfide) groups is 1. The Bertz CT molecular complexity index is 460. The largest absolute Gasteiger partial charge is 0.459 e. The fourth-order valence-corrected chi connectivity index (χ4v) is 2.36. The summed E-state index contributed by atoms with van der Waals surface area (Å²) < 4.78 is 9.92. The molecule has 8 heteroatoms. The van der Waals surface area contributed by atoms with Crippen molar-refractivity contribution in [3.63, 3.8) is 0 Å². The molecule has 0 unspecified atom stereocenters. The van der Waals surface area contributed by atoms with Gasteiger partial charge in [-0.1, -0.05) is 16.9 Å². The second kappa shape index (κ2) is 9.38. The molecule has 118 valence electrons. The molecule has 0 aromatic carbocycles. The van der Waals surface area contributed by atoms with Gasteiger partial charge in [0.1, 0.15) is 0 Å². The van der Waals surface area contributed by atoms with Gasteiger partial charge < -0.3 is 14.1 Å². The predicted molar refractivity (Wildman–Crippen MR) is 78.1 cm³/mol. The highest BCUT2D eigenvalue weighted by Gasteiger charge is 2.16. The van der Waals surface area contributed by atoms with E-state index in [1.165, 1.54) is 11.8 Å². The van der Waals surface area contributed by atoms with Crippen molar-refractivity contribution in [3.8, 4) is 0 Å². The van der Waals surface area contributed by atoms with E-state index in [9.17, 15) is 9.59 Å². The molecule has 21 heavy (non-hydrogen) atoms. The lowest BCUT2D eigenvalue weighted by molar-refractivity contribution is -0.130. The number of nitrogens with zero attached hydrogens (tertiary/aromatic N) is 3. The molecule has 0 aliphatic rings. The van der Waals surface area contributed by atoms with E-state index in [1.807, 2.05) is 13.8 Å². The van der Waals surface area contributed by atoms with Crippen LogP contribution in [0.25, 0.3) is 0 Å². The number of aromatic nitrogens is 2. The van der Waals surface area contributed by atoms with Crippen molar-refractivity contribution >= 4 is 23.6 Å². The number of amides is 1. The van der Waals surface area contributed by atoms with Gasteiger partial charge in [-0.15, -0.1) is 5.10 Å². The molecule has 1 aromatic heterocycles. The predicted octanol–water partition coefficient (Wildman–Crippen LogP) is 1.99. The summed E-state index contributed by atoms with van der Waals surface area (Å²) >= 11 is 1.33. The van der Waals surface area contributed by atoms with Crippen LogP contribution in [0.3, 0.4) is 0 Å². The number of carbonyl (C=O) groups excluding carboxylic acids is 2. The van der Waals surface area contributed by atoms with Gasteiger partial charge >= 0.3 is 11.9 Å². The topological polar surface area (TPSA) is 85.5 Å². The number of hydrogen-bond donors (Lipinski definition) is 0. The number of rotatable bonds is 9. The van der Waals surface area contributed by atoms with E-state index in [-0.39, 0.29) is 18.4 Å². The zero-order valence-corrected chi connectivity index (χ0v) is 13.4. The molecule has 0 aliphatic heterocycles. The highest BCUT2D eigenvalue weighted by Crippen LogP contribution is 2.18. The van der Waals surface area contributed by atoms with Gasteiger partial charge in [0.05, 0.1) is 6.61 Å². The van der Waals surface area contributed by atoms with Crippen molar-refractivity contribution in [1.82, 2.24) is 15.1 Å². The highest BCUT2D eigenvalue weighted by atomic mass is 32.2. The van der Waals surface area contributed by atoms with Gasteiger partial charge in [0.2, 0.25) is 5.91 Å². The third kappa shape index (κ3) is 5.74. The van der Waals surface area contributed by atoms with Crippen molar-refractivity contribution in [1.29, 1.82) is 0 Å². The van der Waals surface area contributed by atoms with Crippen LogP contribution >= 0.6 is 11.8 Å². The summed E-state index contributed by atoms with van der Waals surface area (Å²) in [6.45, 7) is 7.36. The molecule has 0 bridgehead atoms. The van der Waals surface area contributed by atoms with Crippen molar-refractivity contribution in [3.05, 3.63) is 5.89 Å². The average Bonchev–Trinajstić information content (AvgIpc) is 2.94. The molecule has 1 rings (SSSR count). The van der Waals surface area contributed by atoms with E-state index in [0.717, 1.165) is 19.5 Å². The molecule has 0 N–H and O–H groups in total. The quantitative estimate of drug-likeness (QED) is 0.391. The molecular formula is C13H21N3O4S. The van der Waals surface area contributed by atoms with Gasteiger partial charge in [0.15, 0.2) is 0 Å². The van der Waals surface area contributed by atoms with Crippen molar-refractivity contribution < 1.29 is 18.7 Å². The van der Waals surface area contributed by atoms with Gasteiger partial charge in [0.25, 0.3) is 5.22 Å². The standard InChI is InChI=1S/C13H21N3O4S/c1-4-16(5-2)10(17)8-7-9-21-13-15-14-11(20-13)12(18)19-6-3/h4-9H2,1-3H3. The van der Waals surface area contributed by atoms with Crippen molar-refractivity contribution in [2.45, 2.75) is 38.8 Å². The Morgan fingerprint density at radius 2 is 1.95 bits per heavy atom. The van der Waals surface area contributed by atoms with Gasteiger partial charge in [-0.25, -0.2) is 4.79 Å². The number of ether oxygens (including phenoxy) is 1. The number of hydrogen-bond acceptors (Lipinski definition) is 7. The van der Waals surface area contributed by atoms with E-state index in [0.29, 0.717) is 17.4 Å². The summed E-state index contributed by atoms with van der Waals surface area (Å²) in [7, 11) is 0. The highest BCUT2D eigenvalue weighted by molar-refractivity contribution is 7.99. The van der Waals surface area contributed by atoms with E-state index in [1.54, 1.807) is 11.8 Å². The Kier molecular flexibility index (Phi) is 7.81. The van der Waals surface area contributed by atoms with Crippen LogP contribution in [-0.4, -0.2) is 52.4 Å². The molecule has 0 fully saturated rings. The van der Waals surface area contributed by atoms with Crippen LogP contribution in [0.2, 0.25) is 0 Å². The molecule has 0 radical (unpaired) electrons. The molecule has 0 saturated carbocycles. The van der Waals surface area contributed by atoms with E-state index >= 15 is 0 Å². The molecular weight excluding hydrogens is 294 g/mol. The molecule has 7 nitrogen and oxygen atoms in total. The first-order valence-electron chi connectivity index (χ1n) is 7.03. The van der Waals surface area contributed by atoms with Gasteiger partial charge in [-0.05, 0) is 27.2 Å². The van der Waals surface area contributed by atoms with Crippen molar-refractivity contribution in [2.75, 3.05) is 25.4 Å².